The number of carboxylic acid groups (broad SMARTS) is 1. The number of aromatic carboxylic acids is 1. The summed E-state index contributed by atoms with van der Waals surface area (Å²) < 4.78 is 40.4. The number of hydrogen-bond acceptors (Lipinski definition) is 2. The van der Waals surface area contributed by atoms with Crippen LogP contribution in [0.4, 0.5) is 13.2 Å². The third-order valence-corrected chi connectivity index (χ3v) is 3.63. The summed E-state index contributed by atoms with van der Waals surface area (Å²) in [4.78, 5) is 14.8. The van der Waals surface area contributed by atoms with Crippen molar-refractivity contribution >= 4 is 17.0 Å². The number of para-hydroxylation sites is 1. The second kappa shape index (κ2) is 4.22. The maximum atomic E-state index is 13.1. The molecule has 0 radical (unpaired) electrons. The largest absolute Gasteiger partial charge is 0.478 e. The molecule has 1 saturated carbocycles. The normalized spacial score (nSPS) is 16.4. The number of halogens is 3. The number of aromatic nitrogens is 2. The molecule has 1 N–H and O–H groups in total. The average molecular weight is 284 g/mol. The molecule has 4 nitrogen and oxygen atoms in total. The van der Waals surface area contributed by atoms with Crippen molar-refractivity contribution in [3.05, 3.63) is 29.6 Å². The Hall–Kier alpha value is -2.05. The van der Waals surface area contributed by atoms with E-state index in [1.807, 2.05) is 0 Å². The van der Waals surface area contributed by atoms with E-state index in [9.17, 15) is 18.0 Å². The van der Waals surface area contributed by atoms with Crippen LogP contribution >= 0.6 is 0 Å². The van der Waals surface area contributed by atoms with Crippen LogP contribution in [-0.2, 0) is 6.18 Å². The van der Waals surface area contributed by atoms with Gasteiger partial charge < -0.3 is 9.67 Å². The average Bonchev–Trinajstić information content (AvgIpc) is 2.66. The molecular weight excluding hydrogens is 273 g/mol. The van der Waals surface area contributed by atoms with Crippen LogP contribution in [0.1, 0.15) is 41.5 Å². The molecule has 1 aromatic heterocycles. The molecule has 2 aromatic rings. The lowest BCUT2D eigenvalue weighted by molar-refractivity contribution is -0.148. The van der Waals surface area contributed by atoms with E-state index >= 15 is 0 Å². The highest BCUT2D eigenvalue weighted by molar-refractivity contribution is 6.01. The summed E-state index contributed by atoms with van der Waals surface area (Å²) >= 11 is 0. The Bertz CT molecular complexity index is 687. The van der Waals surface area contributed by atoms with Crippen molar-refractivity contribution in [2.75, 3.05) is 0 Å². The molecule has 106 valence electrons. The highest BCUT2D eigenvalue weighted by Gasteiger charge is 2.41. The number of hydrogen-bond donors (Lipinski definition) is 1. The number of carbonyl (C=O) groups is 1. The molecule has 0 spiro atoms. The minimum absolute atomic E-state index is 0.0667. The van der Waals surface area contributed by atoms with Gasteiger partial charge in [0.2, 0.25) is 5.82 Å². The van der Waals surface area contributed by atoms with E-state index < -0.39 is 18.0 Å². The zero-order valence-corrected chi connectivity index (χ0v) is 10.3. The number of imidazole rings is 1. The molecule has 0 amide bonds. The first-order chi connectivity index (χ1) is 9.39. The van der Waals surface area contributed by atoms with Crippen molar-refractivity contribution in [2.24, 2.45) is 0 Å². The maximum Gasteiger partial charge on any atom is 0.449 e. The maximum absolute atomic E-state index is 13.1. The molecule has 1 aliphatic rings. The number of carboxylic acids is 1. The summed E-state index contributed by atoms with van der Waals surface area (Å²) in [6, 6.07) is 3.80. The quantitative estimate of drug-likeness (QED) is 0.918. The van der Waals surface area contributed by atoms with E-state index in [0.29, 0.717) is 12.8 Å². The molecule has 0 saturated heterocycles. The van der Waals surface area contributed by atoms with E-state index in [1.165, 1.54) is 18.2 Å². The van der Waals surface area contributed by atoms with Gasteiger partial charge in [0.15, 0.2) is 0 Å². The van der Waals surface area contributed by atoms with E-state index in [1.54, 1.807) is 0 Å². The minimum Gasteiger partial charge on any atom is -0.478 e. The Kier molecular flexibility index (Phi) is 2.74. The van der Waals surface area contributed by atoms with Crippen LogP contribution in [0.15, 0.2) is 18.2 Å². The zero-order valence-electron chi connectivity index (χ0n) is 10.3. The van der Waals surface area contributed by atoms with Crippen LogP contribution in [0.5, 0.6) is 0 Å². The molecule has 7 heteroatoms. The molecule has 1 aromatic carbocycles. The van der Waals surface area contributed by atoms with E-state index in [4.69, 9.17) is 5.11 Å². The Labute approximate surface area is 111 Å². The van der Waals surface area contributed by atoms with E-state index in [2.05, 4.69) is 4.98 Å². The monoisotopic (exact) mass is 284 g/mol. The van der Waals surface area contributed by atoms with Gasteiger partial charge in [0.25, 0.3) is 0 Å². The predicted octanol–water partition coefficient (Wildman–Crippen LogP) is 3.48. The SMILES string of the molecule is O=C(O)c1cccc2nc(C(F)(F)F)n(C3CCC3)c12. The number of nitrogens with zero attached hydrogens (tertiary/aromatic N) is 2. The number of alkyl halides is 3. The smallest absolute Gasteiger partial charge is 0.449 e. The van der Waals surface area contributed by atoms with Crippen LogP contribution in [0.3, 0.4) is 0 Å². The first-order valence-corrected chi connectivity index (χ1v) is 6.21. The standard InChI is InChI=1S/C13H11F3N2O2/c14-13(15,16)12-17-9-6-2-5-8(11(19)20)10(9)18(12)7-3-1-4-7/h2,5-7H,1,3-4H2,(H,19,20). The van der Waals surface area contributed by atoms with Gasteiger partial charge in [0, 0.05) is 6.04 Å². The second-order valence-electron chi connectivity index (χ2n) is 4.87. The number of fused-ring (bicyclic) bond motifs is 1. The van der Waals surface area contributed by atoms with Gasteiger partial charge in [-0.15, -0.1) is 0 Å². The van der Waals surface area contributed by atoms with Gasteiger partial charge in [0.05, 0.1) is 16.6 Å². The molecule has 1 fully saturated rings. The van der Waals surface area contributed by atoms with Gasteiger partial charge in [-0.3, -0.25) is 0 Å². The van der Waals surface area contributed by atoms with Gasteiger partial charge in [-0.1, -0.05) is 6.07 Å². The van der Waals surface area contributed by atoms with Crippen molar-refractivity contribution in [1.29, 1.82) is 0 Å². The third-order valence-electron chi connectivity index (χ3n) is 3.63. The molecule has 0 atom stereocenters. The van der Waals surface area contributed by atoms with Gasteiger partial charge in [-0.05, 0) is 31.4 Å². The number of rotatable bonds is 2. The van der Waals surface area contributed by atoms with Crippen LogP contribution in [0.2, 0.25) is 0 Å². The van der Waals surface area contributed by atoms with E-state index in [0.717, 1.165) is 11.0 Å². The minimum atomic E-state index is -4.59. The molecule has 0 unspecified atom stereocenters. The van der Waals surface area contributed by atoms with Crippen LogP contribution < -0.4 is 0 Å². The van der Waals surface area contributed by atoms with Crippen molar-refractivity contribution in [1.82, 2.24) is 9.55 Å². The van der Waals surface area contributed by atoms with Crippen LogP contribution in [0.25, 0.3) is 11.0 Å². The highest BCUT2D eigenvalue weighted by atomic mass is 19.4. The second-order valence-corrected chi connectivity index (χ2v) is 4.87. The Morgan fingerprint density at radius 1 is 1.35 bits per heavy atom. The molecule has 1 aliphatic carbocycles. The van der Waals surface area contributed by atoms with Gasteiger partial charge >= 0.3 is 12.1 Å². The van der Waals surface area contributed by atoms with Crippen molar-refractivity contribution < 1.29 is 23.1 Å². The van der Waals surface area contributed by atoms with Gasteiger partial charge in [-0.2, -0.15) is 13.2 Å². The van der Waals surface area contributed by atoms with Crippen molar-refractivity contribution in [2.45, 2.75) is 31.5 Å². The van der Waals surface area contributed by atoms with Crippen LogP contribution in [-0.4, -0.2) is 20.6 Å². The fourth-order valence-corrected chi connectivity index (χ4v) is 2.52. The zero-order chi connectivity index (χ0) is 14.5. The summed E-state index contributed by atoms with van der Waals surface area (Å²) in [6.45, 7) is 0. The van der Waals surface area contributed by atoms with Crippen molar-refractivity contribution in [3.8, 4) is 0 Å². The molecule has 20 heavy (non-hydrogen) atoms. The number of benzene rings is 1. The lowest BCUT2D eigenvalue weighted by Gasteiger charge is -2.29. The van der Waals surface area contributed by atoms with Gasteiger partial charge in [0.1, 0.15) is 0 Å². The Balaban J connectivity index is 2.35. The molecule has 0 aliphatic heterocycles. The molecule has 1 heterocycles. The molecule has 0 bridgehead atoms. The predicted molar refractivity (Wildman–Crippen MR) is 64.6 cm³/mol. The topological polar surface area (TPSA) is 55.1 Å². The summed E-state index contributed by atoms with van der Waals surface area (Å²) in [5.74, 6) is -2.25. The fraction of sp³-hybridized carbons (Fsp3) is 0.385. The van der Waals surface area contributed by atoms with E-state index in [-0.39, 0.29) is 22.6 Å². The van der Waals surface area contributed by atoms with Gasteiger partial charge in [-0.25, -0.2) is 9.78 Å². The fourth-order valence-electron chi connectivity index (χ4n) is 2.52. The first-order valence-electron chi connectivity index (χ1n) is 6.21. The summed E-state index contributed by atoms with van der Waals surface area (Å²) in [5.41, 5.74) is -0.00134. The third kappa shape index (κ3) is 1.85. The Morgan fingerprint density at radius 3 is 2.55 bits per heavy atom. The summed E-state index contributed by atoms with van der Waals surface area (Å²) in [5, 5.41) is 9.17. The lowest BCUT2D eigenvalue weighted by atomic mass is 9.92. The highest BCUT2D eigenvalue weighted by Crippen LogP contribution is 2.41. The van der Waals surface area contributed by atoms with Crippen LogP contribution in [0, 0.1) is 0 Å². The summed E-state index contributed by atoms with van der Waals surface area (Å²) in [6.07, 6.45) is -2.52. The summed E-state index contributed by atoms with van der Waals surface area (Å²) in [7, 11) is 0. The first kappa shape index (κ1) is 13.0. The van der Waals surface area contributed by atoms with Crippen molar-refractivity contribution in [3.63, 3.8) is 0 Å². The molecular formula is C13H11F3N2O2. The Morgan fingerprint density at radius 2 is 2.05 bits per heavy atom. The lowest BCUT2D eigenvalue weighted by Crippen LogP contribution is -2.24. The molecule has 3 rings (SSSR count).